The SMILES string of the molecule is COCc1nc2c(C)ccnc2n1Cc1ccc(-c2ccccc2-c2nn[nH]n2)cc1. The van der Waals surface area contributed by atoms with Crippen LogP contribution in [-0.2, 0) is 17.9 Å². The minimum absolute atomic E-state index is 0.436. The van der Waals surface area contributed by atoms with Crippen LogP contribution in [0.3, 0.4) is 0 Å². The molecule has 2 aromatic carbocycles. The Bertz CT molecular complexity index is 1320. The van der Waals surface area contributed by atoms with E-state index in [0.717, 1.165) is 44.8 Å². The summed E-state index contributed by atoms with van der Waals surface area (Å²) < 4.78 is 7.49. The molecule has 0 amide bonds. The number of rotatable bonds is 6. The number of fused-ring (bicyclic) bond motifs is 1. The van der Waals surface area contributed by atoms with Crippen molar-refractivity contribution in [2.45, 2.75) is 20.1 Å². The van der Waals surface area contributed by atoms with E-state index < -0.39 is 0 Å². The number of benzene rings is 2. The van der Waals surface area contributed by atoms with Gasteiger partial charge in [0.1, 0.15) is 17.9 Å². The van der Waals surface area contributed by atoms with Gasteiger partial charge in [-0.3, -0.25) is 0 Å². The first-order chi connectivity index (χ1) is 15.2. The van der Waals surface area contributed by atoms with Gasteiger partial charge in [-0.2, -0.15) is 5.21 Å². The first-order valence-corrected chi connectivity index (χ1v) is 9.96. The third-order valence-electron chi connectivity index (χ3n) is 5.31. The molecule has 5 aromatic rings. The molecular formula is C23H21N7O. The van der Waals surface area contributed by atoms with Gasteiger partial charge < -0.3 is 9.30 Å². The molecule has 0 saturated carbocycles. The molecule has 0 saturated heterocycles. The van der Waals surface area contributed by atoms with Crippen LogP contribution in [0.1, 0.15) is 17.0 Å². The molecule has 3 aromatic heterocycles. The zero-order chi connectivity index (χ0) is 21.2. The number of nitrogens with zero attached hydrogens (tertiary/aromatic N) is 6. The predicted octanol–water partition coefficient (Wildman–Crippen LogP) is 3.78. The van der Waals surface area contributed by atoms with E-state index in [0.29, 0.717) is 19.0 Å². The van der Waals surface area contributed by atoms with Gasteiger partial charge in [-0.25, -0.2) is 9.97 Å². The number of tetrazole rings is 1. The number of aromatic amines is 1. The maximum absolute atomic E-state index is 5.37. The molecule has 8 nitrogen and oxygen atoms in total. The van der Waals surface area contributed by atoms with Crippen LogP contribution in [0.5, 0.6) is 0 Å². The van der Waals surface area contributed by atoms with Crippen molar-refractivity contribution in [2.24, 2.45) is 0 Å². The van der Waals surface area contributed by atoms with Crippen molar-refractivity contribution in [2.75, 3.05) is 7.11 Å². The van der Waals surface area contributed by atoms with Gasteiger partial charge in [0.05, 0.1) is 6.54 Å². The van der Waals surface area contributed by atoms with Crippen LogP contribution in [0.2, 0.25) is 0 Å². The summed E-state index contributed by atoms with van der Waals surface area (Å²) in [6.07, 6.45) is 1.82. The van der Waals surface area contributed by atoms with Crippen LogP contribution in [0, 0.1) is 6.92 Å². The molecular weight excluding hydrogens is 390 g/mol. The fourth-order valence-electron chi connectivity index (χ4n) is 3.77. The third-order valence-corrected chi connectivity index (χ3v) is 5.31. The van der Waals surface area contributed by atoms with E-state index in [1.165, 1.54) is 0 Å². The molecule has 0 unspecified atom stereocenters. The monoisotopic (exact) mass is 411 g/mol. The molecule has 0 spiro atoms. The average molecular weight is 411 g/mol. The highest BCUT2D eigenvalue weighted by Gasteiger charge is 2.14. The van der Waals surface area contributed by atoms with Crippen LogP contribution < -0.4 is 0 Å². The van der Waals surface area contributed by atoms with E-state index in [1.807, 2.05) is 37.4 Å². The number of nitrogens with one attached hydrogen (secondary N) is 1. The molecule has 0 atom stereocenters. The highest BCUT2D eigenvalue weighted by molar-refractivity contribution is 5.80. The van der Waals surface area contributed by atoms with E-state index in [9.17, 15) is 0 Å². The molecule has 5 rings (SSSR count). The lowest BCUT2D eigenvalue weighted by atomic mass is 9.98. The smallest absolute Gasteiger partial charge is 0.205 e. The highest BCUT2D eigenvalue weighted by atomic mass is 16.5. The maximum Gasteiger partial charge on any atom is 0.205 e. The summed E-state index contributed by atoms with van der Waals surface area (Å²) in [6, 6.07) is 18.5. The lowest BCUT2D eigenvalue weighted by Crippen LogP contribution is -2.07. The first-order valence-electron chi connectivity index (χ1n) is 9.96. The van der Waals surface area contributed by atoms with E-state index in [4.69, 9.17) is 9.72 Å². The second-order valence-corrected chi connectivity index (χ2v) is 7.33. The van der Waals surface area contributed by atoms with Crippen molar-refractivity contribution in [3.05, 3.63) is 77.7 Å². The largest absolute Gasteiger partial charge is 0.377 e. The Morgan fingerprint density at radius 3 is 2.55 bits per heavy atom. The minimum Gasteiger partial charge on any atom is -0.377 e. The lowest BCUT2D eigenvalue weighted by molar-refractivity contribution is 0.175. The Kier molecular flexibility index (Phi) is 4.97. The van der Waals surface area contributed by atoms with Crippen molar-refractivity contribution in [1.29, 1.82) is 0 Å². The molecule has 3 heterocycles. The normalized spacial score (nSPS) is 11.3. The number of aromatic nitrogens is 7. The summed E-state index contributed by atoms with van der Waals surface area (Å²) >= 11 is 0. The first kappa shape index (κ1) is 19.1. The van der Waals surface area contributed by atoms with Crippen LogP contribution in [0.25, 0.3) is 33.7 Å². The molecule has 0 fully saturated rings. The van der Waals surface area contributed by atoms with E-state index in [-0.39, 0.29) is 0 Å². The third kappa shape index (κ3) is 3.57. The Morgan fingerprint density at radius 2 is 1.81 bits per heavy atom. The van der Waals surface area contributed by atoms with E-state index in [2.05, 4.69) is 60.5 Å². The number of pyridine rings is 1. The number of aryl methyl sites for hydroxylation is 1. The van der Waals surface area contributed by atoms with Gasteiger partial charge in [0, 0.05) is 18.9 Å². The Labute approximate surface area is 178 Å². The van der Waals surface area contributed by atoms with E-state index in [1.54, 1.807) is 7.11 Å². The maximum atomic E-state index is 5.37. The molecule has 0 aliphatic rings. The molecule has 8 heteroatoms. The van der Waals surface area contributed by atoms with Crippen LogP contribution >= 0.6 is 0 Å². The van der Waals surface area contributed by atoms with Crippen molar-refractivity contribution >= 4 is 11.2 Å². The number of hydrogen-bond acceptors (Lipinski definition) is 6. The van der Waals surface area contributed by atoms with Crippen molar-refractivity contribution < 1.29 is 4.74 Å². The van der Waals surface area contributed by atoms with Crippen molar-refractivity contribution in [1.82, 2.24) is 35.2 Å². The number of methoxy groups -OCH3 is 1. The molecule has 0 aliphatic carbocycles. The molecule has 0 bridgehead atoms. The summed E-state index contributed by atoms with van der Waals surface area (Å²) in [4.78, 5) is 9.32. The zero-order valence-corrected chi connectivity index (χ0v) is 17.3. The average Bonchev–Trinajstić information content (AvgIpc) is 3.45. The number of imidazole rings is 1. The number of hydrogen-bond donors (Lipinski definition) is 1. The van der Waals surface area contributed by atoms with Crippen LogP contribution in [0.4, 0.5) is 0 Å². The second-order valence-electron chi connectivity index (χ2n) is 7.33. The van der Waals surface area contributed by atoms with Crippen LogP contribution in [0.15, 0.2) is 60.8 Å². The van der Waals surface area contributed by atoms with Gasteiger partial charge in [0.15, 0.2) is 5.65 Å². The Morgan fingerprint density at radius 1 is 1.00 bits per heavy atom. The summed E-state index contributed by atoms with van der Waals surface area (Å²) in [6.45, 7) is 3.15. The Balaban J connectivity index is 1.49. The summed E-state index contributed by atoms with van der Waals surface area (Å²) in [5, 5.41) is 14.5. The quantitative estimate of drug-likeness (QED) is 0.457. The highest BCUT2D eigenvalue weighted by Crippen LogP contribution is 2.30. The van der Waals surface area contributed by atoms with E-state index >= 15 is 0 Å². The number of H-pyrrole nitrogens is 1. The van der Waals surface area contributed by atoms with Gasteiger partial charge >= 0.3 is 0 Å². The molecule has 1 N–H and O–H groups in total. The lowest BCUT2D eigenvalue weighted by Gasteiger charge is -2.11. The minimum atomic E-state index is 0.436. The van der Waals surface area contributed by atoms with Gasteiger partial charge in [0.25, 0.3) is 0 Å². The molecule has 154 valence electrons. The molecule has 31 heavy (non-hydrogen) atoms. The fraction of sp³-hybridized carbons (Fsp3) is 0.174. The topological polar surface area (TPSA) is 94.4 Å². The number of ether oxygens (including phenoxy) is 1. The van der Waals surface area contributed by atoms with Gasteiger partial charge in [0.2, 0.25) is 5.82 Å². The summed E-state index contributed by atoms with van der Waals surface area (Å²) in [7, 11) is 1.68. The fourth-order valence-corrected chi connectivity index (χ4v) is 3.77. The summed E-state index contributed by atoms with van der Waals surface area (Å²) in [5.41, 5.74) is 7.13. The van der Waals surface area contributed by atoms with Crippen molar-refractivity contribution in [3.63, 3.8) is 0 Å². The second kappa shape index (κ2) is 8.08. The van der Waals surface area contributed by atoms with Crippen LogP contribution in [-0.4, -0.2) is 42.3 Å². The summed E-state index contributed by atoms with van der Waals surface area (Å²) in [5.74, 6) is 1.45. The van der Waals surface area contributed by atoms with Crippen molar-refractivity contribution in [3.8, 4) is 22.5 Å². The van der Waals surface area contributed by atoms with Gasteiger partial charge in [-0.15, -0.1) is 10.2 Å². The van der Waals surface area contributed by atoms with Gasteiger partial charge in [-0.05, 0) is 40.5 Å². The molecule has 0 radical (unpaired) electrons. The molecule has 0 aliphatic heterocycles. The Hall–Kier alpha value is -3.91. The van der Waals surface area contributed by atoms with Gasteiger partial charge in [-0.1, -0.05) is 48.5 Å². The predicted molar refractivity (Wildman–Crippen MR) is 117 cm³/mol. The standard InChI is InChI=1S/C23H21N7O/c1-15-11-12-24-23-21(15)25-20(14-31-2)30(23)13-16-7-9-17(10-8-16)18-5-3-4-6-19(18)22-26-28-29-27-22/h3-12H,13-14H2,1-2H3,(H,26,27,28,29). The zero-order valence-electron chi connectivity index (χ0n) is 17.3.